The summed E-state index contributed by atoms with van der Waals surface area (Å²) in [5.74, 6) is 0.417. The normalized spacial score (nSPS) is 21.5. The summed E-state index contributed by atoms with van der Waals surface area (Å²) in [5.41, 5.74) is 8.63. The van der Waals surface area contributed by atoms with Crippen LogP contribution in [0.3, 0.4) is 0 Å². The summed E-state index contributed by atoms with van der Waals surface area (Å²) in [5, 5.41) is 21.1. The molecule has 2 heterocycles. The van der Waals surface area contributed by atoms with Crippen LogP contribution in [0.5, 0.6) is 0 Å². The average molecular weight is 461 g/mol. The Labute approximate surface area is 196 Å². The van der Waals surface area contributed by atoms with Crippen LogP contribution < -0.4 is 5.73 Å². The second-order valence-electron chi connectivity index (χ2n) is 8.62. The number of nitriles is 1. The highest BCUT2D eigenvalue weighted by Gasteiger charge is 2.52. The molecular formula is C25H24N4O3S. The summed E-state index contributed by atoms with van der Waals surface area (Å²) in [6.45, 7) is 0.689. The minimum Gasteiger partial charge on any atom is -0.423 e. The van der Waals surface area contributed by atoms with Crippen LogP contribution in [0, 0.1) is 21.4 Å². The Bertz CT molecular complexity index is 1180. The Morgan fingerprint density at radius 3 is 2.48 bits per heavy atom. The third-order valence-electron chi connectivity index (χ3n) is 6.65. The quantitative estimate of drug-likeness (QED) is 0.476. The average Bonchev–Trinajstić information content (AvgIpc) is 3.11. The van der Waals surface area contributed by atoms with Gasteiger partial charge in [-0.25, -0.2) is 0 Å². The number of hydrogen-bond acceptors (Lipinski definition) is 7. The number of nitro groups is 1. The van der Waals surface area contributed by atoms with Crippen LogP contribution in [-0.4, -0.2) is 14.7 Å². The molecule has 1 atom stereocenters. The van der Waals surface area contributed by atoms with E-state index in [1.54, 1.807) is 23.9 Å². The van der Waals surface area contributed by atoms with Gasteiger partial charge >= 0.3 is 0 Å². The van der Waals surface area contributed by atoms with Gasteiger partial charge in [0, 0.05) is 18.7 Å². The molecule has 5 rings (SSSR count). The molecule has 1 saturated carbocycles. The number of nitrogens with zero attached hydrogens (tertiary/aromatic N) is 3. The largest absolute Gasteiger partial charge is 0.423 e. The number of ether oxygens (including phenoxy) is 1. The van der Waals surface area contributed by atoms with Crippen molar-refractivity contribution in [3.8, 4) is 6.07 Å². The summed E-state index contributed by atoms with van der Waals surface area (Å²) < 4.78 is 6.15. The third kappa shape index (κ3) is 3.72. The van der Waals surface area contributed by atoms with Crippen LogP contribution in [0.25, 0.3) is 0 Å². The van der Waals surface area contributed by atoms with Crippen molar-refractivity contribution < 1.29 is 9.66 Å². The molecule has 1 unspecified atom stereocenters. The Morgan fingerprint density at radius 1 is 1.15 bits per heavy atom. The lowest BCUT2D eigenvalue weighted by atomic mass is 9.89. The van der Waals surface area contributed by atoms with Gasteiger partial charge in [-0.15, -0.1) is 0 Å². The first kappa shape index (κ1) is 21.4. The van der Waals surface area contributed by atoms with Crippen molar-refractivity contribution in [1.82, 2.24) is 4.90 Å². The van der Waals surface area contributed by atoms with Gasteiger partial charge in [-0.05, 0) is 24.0 Å². The second-order valence-corrected chi connectivity index (χ2v) is 10.0. The molecule has 2 aliphatic heterocycles. The van der Waals surface area contributed by atoms with Gasteiger partial charge < -0.3 is 15.4 Å². The maximum Gasteiger partial charge on any atom is 0.269 e. The number of benzene rings is 2. The first-order chi connectivity index (χ1) is 16.0. The second kappa shape index (κ2) is 8.49. The molecule has 0 radical (unpaired) electrons. The number of thioether (sulfide) groups is 1. The molecule has 2 N–H and O–H groups in total. The lowest BCUT2D eigenvalue weighted by Gasteiger charge is -2.42. The molecule has 2 aromatic carbocycles. The molecule has 33 heavy (non-hydrogen) atoms. The Morgan fingerprint density at radius 2 is 1.85 bits per heavy atom. The van der Waals surface area contributed by atoms with Crippen molar-refractivity contribution >= 4 is 17.4 Å². The Hall–Kier alpha value is -3.44. The lowest BCUT2D eigenvalue weighted by molar-refractivity contribution is -0.384. The van der Waals surface area contributed by atoms with E-state index in [0.717, 1.165) is 36.2 Å². The van der Waals surface area contributed by atoms with E-state index in [4.69, 9.17) is 10.5 Å². The molecule has 0 bridgehead atoms. The number of hydrogen-bond donors (Lipinski definition) is 1. The first-order valence-electron chi connectivity index (χ1n) is 11.1. The third-order valence-corrected chi connectivity index (χ3v) is 8.29. The van der Waals surface area contributed by atoms with Crippen molar-refractivity contribution in [2.45, 2.75) is 49.4 Å². The van der Waals surface area contributed by atoms with E-state index >= 15 is 0 Å². The zero-order valence-corrected chi connectivity index (χ0v) is 18.9. The topological polar surface area (TPSA) is 105 Å². The molecule has 1 aliphatic carbocycles. The molecule has 0 saturated heterocycles. The molecule has 2 aromatic rings. The van der Waals surface area contributed by atoms with E-state index in [1.165, 1.54) is 24.1 Å². The highest BCUT2D eigenvalue weighted by Crippen LogP contribution is 2.60. The number of allylic oxidation sites excluding steroid dienone is 2. The molecule has 0 amide bonds. The molecule has 1 spiro atoms. The van der Waals surface area contributed by atoms with Crippen molar-refractivity contribution in [3.05, 3.63) is 98.1 Å². The van der Waals surface area contributed by atoms with E-state index in [9.17, 15) is 15.4 Å². The van der Waals surface area contributed by atoms with Crippen LogP contribution >= 0.6 is 11.8 Å². The van der Waals surface area contributed by atoms with Gasteiger partial charge in [0.25, 0.3) is 5.69 Å². The maximum atomic E-state index is 11.1. The van der Waals surface area contributed by atoms with Gasteiger partial charge in [0.15, 0.2) is 0 Å². The van der Waals surface area contributed by atoms with Gasteiger partial charge in [-0.1, -0.05) is 73.5 Å². The summed E-state index contributed by atoms with van der Waals surface area (Å²) in [7, 11) is 0. The predicted molar refractivity (Wildman–Crippen MR) is 126 cm³/mol. The highest BCUT2D eigenvalue weighted by molar-refractivity contribution is 8.04. The summed E-state index contributed by atoms with van der Waals surface area (Å²) in [4.78, 5) is 13.9. The van der Waals surface area contributed by atoms with E-state index < -0.39 is 10.8 Å². The highest BCUT2D eigenvalue weighted by atomic mass is 32.2. The lowest BCUT2D eigenvalue weighted by Crippen LogP contribution is -2.43. The standard InChI is InChI=1S/C25H24N4O3S/c26-15-20-21(18-9-11-19(12-10-18)29(30)31)22-24(32-23(20)27)28(16-17-7-3-1-4-8-17)25(33-22)13-5-2-6-14-25/h1,3-4,7-12,21H,2,5-6,13-14,16,27H2. The predicted octanol–water partition coefficient (Wildman–Crippen LogP) is 5.48. The minimum atomic E-state index is -0.420. The summed E-state index contributed by atoms with van der Waals surface area (Å²) >= 11 is 1.79. The number of nitro benzene ring substituents is 1. The van der Waals surface area contributed by atoms with Gasteiger partial charge in [-0.3, -0.25) is 10.1 Å². The Balaban J connectivity index is 1.60. The zero-order chi connectivity index (χ0) is 23.0. The maximum absolute atomic E-state index is 11.1. The van der Waals surface area contributed by atoms with Crippen LogP contribution in [0.1, 0.15) is 49.1 Å². The van der Waals surface area contributed by atoms with Crippen molar-refractivity contribution in [3.63, 3.8) is 0 Å². The molecule has 168 valence electrons. The van der Waals surface area contributed by atoms with Gasteiger partial charge in [0.1, 0.15) is 11.6 Å². The Kier molecular flexibility index (Phi) is 5.51. The smallest absolute Gasteiger partial charge is 0.269 e. The fraction of sp³-hybridized carbons (Fsp3) is 0.320. The van der Waals surface area contributed by atoms with E-state index in [0.29, 0.717) is 18.0 Å². The molecule has 1 fully saturated rings. The van der Waals surface area contributed by atoms with Gasteiger partial charge in [0.2, 0.25) is 11.8 Å². The zero-order valence-electron chi connectivity index (χ0n) is 18.1. The van der Waals surface area contributed by atoms with E-state index in [-0.39, 0.29) is 16.4 Å². The van der Waals surface area contributed by atoms with Crippen LogP contribution in [0.15, 0.2) is 76.8 Å². The van der Waals surface area contributed by atoms with E-state index in [2.05, 4.69) is 23.1 Å². The summed E-state index contributed by atoms with van der Waals surface area (Å²) in [6, 6.07) is 18.9. The fourth-order valence-corrected chi connectivity index (χ4v) is 6.80. The first-order valence-corrected chi connectivity index (χ1v) is 11.9. The van der Waals surface area contributed by atoms with E-state index in [1.807, 2.05) is 18.2 Å². The van der Waals surface area contributed by atoms with Crippen LogP contribution in [-0.2, 0) is 11.3 Å². The fourth-order valence-electron chi connectivity index (χ4n) is 5.03. The van der Waals surface area contributed by atoms with Crippen LogP contribution in [0.2, 0.25) is 0 Å². The minimum absolute atomic E-state index is 0.0176. The van der Waals surface area contributed by atoms with Crippen molar-refractivity contribution in [1.29, 1.82) is 5.26 Å². The van der Waals surface area contributed by atoms with Crippen molar-refractivity contribution in [2.75, 3.05) is 0 Å². The van der Waals surface area contributed by atoms with Gasteiger partial charge in [-0.2, -0.15) is 5.26 Å². The molecule has 8 heteroatoms. The summed E-state index contributed by atoms with van der Waals surface area (Å²) in [6.07, 6.45) is 5.53. The number of rotatable bonds is 4. The molecule has 7 nitrogen and oxygen atoms in total. The molecule has 3 aliphatic rings. The number of nitrogens with two attached hydrogens (primary N) is 1. The monoisotopic (exact) mass is 460 g/mol. The number of non-ortho nitro benzene ring substituents is 1. The van der Waals surface area contributed by atoms with Crippen LogP contribution in [0.4, 0.5) is 5.69 Å². The van der Waals surface area contributed by atoms with Gasteiger partial charge in [0.05, 0.1) is 20.6 Å². The SMILES string of the molecule is N#CC1=C(N)OC2=C(SC3(CCCCC3)N2Cc2ccccc2)C1c1ccc([N+](=O)[O-])cc1. The van der Waals surface area contributed by atoms with Crippen molar-refractivity contribution in [2.24, 2.45) is 5.73 Å². The molecular weight excluding hydrogens is 436 g/mol. The molecule has 0 aromatic heterocycles.